The predicted molar refractivity (Wildman–Crippen MR) is 113 cm³/mol. The molecular weight excluding hydrogens is 420 g/mol. The third kappa shape index (κ3) is 5.35. The molecule has 0 unspecified atom stereocenters. The zero-order chi connectivity index (χ0) is 19.9. The molecule has 1 heterocycles. The van der Waals surface area contributed by atoms with Crippen LogP contribution in [0.4, 0.5) is 0 Å². The molecule has 0 N–H and O–H groups in total. The van der Waals surface area contributed by atoms with E-state index in [1.54, 1.807) is 0 Å². The second-order valence-corrected chi connectivity index (χ2v) is 7.77. The summed E-state index contributed by atoms with van der Waals surface area (Å²) >= 11 is 3.43. The molecule has 2 aromatic rings. The zero-order valence-corrected chi connectivity index (χ0v) is 17.7. The minimum absolute atomic E-state index is 0.00562. The number of halogens is 1. The van der Waals surface area contributed by atoms with Gasteiger partial charge in [-0.3, -0.25) is 9.59 Å². The summed E-state index contributed by atoms with van der Waals surface area (Å²) in [4.78, 5) is 28.7. The fourth-order valence-electron chi connectivity index (χ4n) is 3.17. The van der Waals surface area contributed by atoms with Crippen LogP contribution < -0.4 is 4.74 Å². The van der Waals surface area contributed by atoms with Crippen molar-refractivity contribution in [3.63, 3.8) is 0 Å². The van der Waals surface area contributed by atoms with E-state index >= 15 is 0 Å². The summed E-state index contributed by atoms with van der Waals surface area (Å²) in [6.45, 7) is 4.84. The van der Waals surface area contributed by atoms with Gasteiger partial charge in [0.25, 0.3) is 5.91 Å². The fourth-order valence-corrected chi connectivity index (χ4v) is 3.62. The molecule has 0 aliphatic carbocycles. The first-order valence-corrected chi connectivity index (χ1v) is 10.3. The number of ether oxygens (including phenoxy) is 1. The van der Waals surface area contributed by atoms with Crippen LogP contribution >= 0.6 is 15.9 Å². The van der Waals surface area contributed by atoms with E-state index in [4.69, 9.17) is 4.74 Å². The Balaban J connectivity index is 1.39. The molecule has 0 aromatic heterocycles. The summed E-state index contributed by atoms with van der Waals surface area (Å²) in [5, 5.41) is 0. The number of benzene rings is 2. The van der Waals surface area contributed by atoms with E-state index in [0.717, 1.165) is 10.2 Å². The van der Waals surface area contributed by atoms with Gasteiger partial charge in [-0.05, 0) is 53.5 Å². The van der Waals surface area contributed by atoms with Gasteiger partial charge in [-0.1, -0.05) is 29.8 Å². The van der Waals surface area contributed by atoms with Gasteiger partial charge in [-0.15, -0.1) is 0 Å². The molecular formula is C22H25BrN2O3. The summed E-state index contributed by atoms with van der Waals surface area (Å²) in [6, 6.07) is 15.3. The van der Waals surface area contributed by atoms with Gasteiger partial charge in [0.05, 0.1) is 12.2 Å². The number of amides is 2. The van der Waals surface area contributed by atoms with Gasteiger partial charge in [0.15, 0.2) is 0 Å². The van der Waals surface area contributed by atoms with Crippen LogP contribution in [0.3, 0.4) is 0 Å². The average molecular weight is 445 g/mol. The van der Waals surface area contributed by atoms with Crippen LogP contribution in [0.25, 0.3) is 0 Å². The van der Waals surface area contributed by atoms with Crippen molar-refractivity contribution in [1.29, 1.82) is 0 Å². The smallest absolute Gasteiger partial charge is 0.255 e. The number of carbonyl (C=O) groups is 2. The summed E-state index contributed by atoms with van der Waals surface area (Å²) in [6.07, 6.45) is 1.15. The molecule has 148 valence electrons. The highest BCUT2D eigenvalue weighted by atomic mass is 79.9. The molecule has 1 aliphatic rings. The molecule has 3 rings (SSSR count). The van der Waals surface area contributed by atoms with E-state index in [1.807, 2.05) is 65.3 Å². The summed E-state index contributed by atoms with van der Waals surface area (Å²) in [5.74, 6) is 0.962. The van der Waals surface area contributed by atoms with E-state index < -0.39 is 0 Å². The lowest BCUT2D eigenvalue weighted by Crippen LogP contribution is -2.50. The van der Waals surface area contributed by atoms with Gasteiger partial charge in [0.2, 0.25) is 5.91 Å². The van der Waals surface area contributed by atoms with Gasteiger partial charge in [0.1, 0.15) is 5.75 Å². The van der Waals surface area contributed by atoms with Crippen molar-refractivity contribution in [2.24, 2.45) is 0 Å². The van der Waals surface area contributed by atoms with Crippen LogP contribution in [0.1, 0.15) is 28.8 Å². The van der Waals surface area contributed by atoms with Crippen LogP contribution in [0.15, 0.2) is 53.0 Å². The second kappa shape index (κ2) is 9.73. The molecule has 2 aromatic carbocycles. The van der Waals surface area contributed by atoms with Gasteiger partial charge in [-0.2, -0.15) is 0 Å². The number of aryl methyl sites for hydroxylation is 1. The lowest BCUT2D eigenvalue weighted by Gasteiger charge is -2.35. The van der Waals surface area contributed by atoms with Gasteiger partial charge < -0.3 is 14.5 Å². The highest BCUT2D eigenvalue weighted by molar-refractivity contribution is 9.10. The molecule has 28 heavy (non-hydrogen) atoms. The minimum Gasteiger partial charge on any atom is -0.494 e. The zero-order valence-electron chi connectivity index (χ0n) is 16.1. The van der Waals surface area contributed by atoms with E-state index in [9.17, 15) is 9.59 Å². The molecule has 5 nitrogen and oxygen atoms in total. The van der Waals surface area contributed by atoms with Crippen molar-refractivity contribution < 1.29 is 14.3 Å². The van der Waals surface area contributed by atoms with Crippen molar-refractivity contribution in [3.05, 3.63) is 64.1 Å². The van der Waals surface area contributed by atoms with Crippen LogP contribution in [0.5, 0.6) is 5.75 Å². The molecule has 2 amide bonds. The van der Waals surface area contributed by atoms with E-state index in [1.165, 1.54) is 5.56 Å². The Labute approximate surface area is 174 Å². The first-order valence-electron chi connectivity index (χ1n) is 9.55. The molecule has 1 saturated heterocycles. The highest BCUT2D eigenvalue weighted by Crippen LogP contribution is 2.19. The monoisotopic (exact) mass is 444 g/mol. The van der Waals surface area contributed by atoms with Gasteiger partial charge in [-0.25, -0.2) is 0 Å². The highest BCUT2D eigenvalue weighted by Gasteiger charge is 2.25. The van der Waals surface area contributed by atoms with Crippen LogP contribution in [-0.4, -0.2) is 54.4 Å². The number of hydrogen-bond acceptors (Lipinski definition) is 3. The first kappa shape index (κ1) is 20.4. The topological polar surface area (TPSA) is 49.9 Å². The summed E-state index contributed by atoms with van der Waals surface area (Å²) in [7, 11) is 0. The van der Waals surface area contributed by atoms with Crippen molar-refractivity contribution in [2.45, 2.75) is 19.8 Å². The molecule has 0 spiro atoms. The van der Waals surface area contributed by atoms with Crippen LogP contribution in [0.2, 0.25) is 0 Å². The fraction of sp³-hybridized carbons (Fsp3) is 0.364. The lowest BCUT2D eigenvalue weighted by atomic mass is 10.1. The first-order chi connectivity index (χ1) is 13.5. The molecule has 0 bridgehead atoms. The van der Waals surface area contributed by atoms with E-state index in [2.05, 4.69) is 15.9 Å². The third-order valence-electron chi connectivity index (χ3n) is 4.85. The maximum atomic E-state index is 12.6. The molecule has 1 aliphatic heterocycles. The number of piperazine rings is 1. The van der Waals surface area contributed by atoms with Gasteiger partial charge >= 0.3 is 0 Å². The molecule has 6 heteroatoms. The van der Waals surface area contributed by atoms with Crippen LogP contribution in [0, 0.1) is 6.92 Å². The van der Waals surface area contributed by atoms with Crippen molar-refractivity contribution in [3.8, 4) is 5.75 Å². The largest absolute Gasteiger partial charge is 0.494 e. The number of carbonyl (C=O) groups excluding carboxylic acids is 2. The van der Waals surface area contributed by atoms with Crippen LogP contribution in [-0.2, 0) is 4.79 Å². The molecule has 1 fully saturated rings. The molecule has 0 radical (unpaired) electrons. The second-order valence-electron chi connectivity index (χ2n) is 6.92. The molecule has 0 saturated carbocycles. The minimum atomic E-state index is 0.00562. The Morgan fingerprint density at radius 1 is 0.964 bits per heavy atom. The Bertz CT molecular complexity index is 815. The average Bonchev–Trinajstić information content (AvgIpc) is 2.72. The summed E-state index contributed by atoms with van der Waals surface area (Å²) < 4.78 is 6.48. The quantitative estimate of drug-likeness (QED) is 0.634. The van der Waals surface area contributed by atoms with Crippen molar-refractivity contribution in [1.82, 2.24) is 9.80 Å². The standard InChI is InChI=1S/C22H25BrN2O3/c1-17-8-10-18(11-9-17)28-16-4-7-21(26)24-12-14-25(15-13-24)22(27)19-5-2-3-6-20(19)23/h2-3,5-6,8-11H,4,7,12-16H2,1H3. The molecule has 0 atom stereocenters. The Morgan fingerprint density at radius 2 is 1.61 bits per heavy atom. The normalized spacial score (nSPS) is 14.1. The SMILES string of the molecule is Cc1ccc(OCCCC(=O)N2CCN(C(=O)c3ccccc3Br)CC2)cc1. The maximum Gasteiger partial charge on any atom is 0.255 e. The Hall–Kier alpha value is -2.34. The van der Waals surface area contributed by atoms with Gasteiger partial charge in [0, 0.05) is 37.1 Å². The number of nitrogens with zero attached hydrogens (tertiary/aromatic N) is 2. The Kier molecular flexibility index (Phi) is 7.09. The van der Waals surface area contributed by atoms with Crippen molar-refractivity contribution >= 4 is 27.7 Å². The van der Waals surface area contributed by atoms with E-state index in [0.29, 0.717) is 51.2 Å². The summed E-state index contributed by atoms with van der Waals surface area (Å²) in [5.41, 5.74) is 1.86. The lowest BCUT2D eigenvalue weighted by molar-refractivity contribution is -0.132. The maximum absolute atomic E-state index is 12.6. The van der Waals surface area contributed by atoms with E-state index in [-0.39, 0.29) is 11.8 Å². The Morgan fingerprint density at radius 3 is 2.29 bits per heavy atom. The predicted octanol–water partition coefficient (Wildman–Crippen LogP) is 3.90. The third-order valence-corrected chi connectivity index (χ3v) is 5.54. The van der Waals surface area contributed by atoms with Crippen molar-refractivity contribution in [2.75, 3.05) is 32.8 Å². The number of rotatable bonds is 6. The number of hydrogen-bond donors (Lipinski definition) is 0.